The van der Waals surface area contributed by atoms with E-state index in [0.29, 0.717) is 24.6 Å². The van der Waals surface area contributed by atoms with Crippen molar-refractivity contribution in [3.63, 3.8) is 0 Å². The largest absolute Gasteiger partial charge is 0.481 e. The van der Waals surface area contributed by atoms with Crippen LogP contribution in [0.2, 0.25) is 0 Å². The van der Waals surface area contributed by atoms with Gasteiger partial charge in [0.05, 0.1) is 0 Å². The standard InChI is InChI=1S/C13H22N2O4S/c16-11(6-1-2-7-12(17)18)15-13(19)14-9-10-5-3-4-8-20-10/h10H,1-9H2,(H,17,18)(H2,14,15,16,19). The van der Waals surface area contributed by atoms with Gasteiger partial charge in [-0.2, -0.15) is 11.8 Å². The Morgan fingerprint density at radius 2 is 1.90 bits per heavy atom. The summed E-state index contributed by atoms with van der Waals surface area (Å²) in [4.78, 5) is 33.2. The molecule has 1 saturated heterocycles. The first-order valence-electron chi connectivity index (χ1n) is 6.99. The van der Waals surface area contributed by atoms with Gasteiger partial charge < -0.3 is 10.4 Å². The number of urea groups is 1. The molecule has 0 aromatic rings. The minimum atomic E-state index is -0.867. The van der Waals surface area contributed by atoms with Crippen LogP contribution in [0, 0.1) is 0 Å². The summed E-state index contributed by atoms with van der Waals surface area (Å²) >= 11 is 1.86. The molecule has 1 heterocycles. The van der Waals surface area contributed by atoms with Crippen molar-refractivity contribution in [2.24, 2.45) is 0 Å². The summed E-state index contributed by atoms with van der Waals surface area (Å²) in [7, 11) is 0. The van der Waals surface area contributed by atoms with E-state index in [1.165, 1.54) is 12.8 Å². The van der Waals surface area contributed by atoms with E-state index in [4.69, 9.17) is 5.11 Å². The molecule has 0 saturated carbocycles. The van der Waals surface area contributed by atoms with E-state index in [0.717, 1.165) is 12.2 Å². The number of amides is 3. The van der Waals surface area contributed by atoms with E-state index in [1.807, 2.05) is 11.8 Å². The molecule has 0 aliphatic carbocycles. The molecular weight excluding hydrogens is 280 g/mol. The van der Waals surface area contributed by atoms with Crippen LogP contribution in [-0.4, -0.2) is 40.6 Å². The minimum absolute atomic E-state index is 0.0539. The zero-order valence-corrected chi connectivity index (χ0v) is 12.3. The van der Waals surface area contributed by atoms with Crippen LogP contribution >= 0.6 is 11.8 Å². The molecule has 0 bridgehead atoms. The van der Waals surface area contributed by atoms with Gasteiger partial charge in [0.1, 0.15) is 0 Å². The SMILES string of the molecule is O=C(O)CCCCC(=O)NC(=O)NCC1CCCCS1. The zero-order chi connectivity index (χ0) is 14.8. The Morgan fingerprint density at radius 3 is 2.55 bits per heavy atom. The Morgan fingerprint density at radius 1 is 1.15 bits per heavy atom. The van der Waals surface area contributed by atoms with Crippen molar-refractivity contribution in [2.75, 3.05) is 12.3 Å². The molecule has 3 amide bonds. The maximum absolute atomic E-state index is 11.5. The highest BCUT2D eigenvalue weighted by atomic mass is 32.2. The van der Waals surface area contributed by atoms with Gasteiger partial charge in [0.15, 0.2) is 0 Å². The second-order valence-electron chi connectivity index (χ2n) is 4.85. The molecule has 3 N–H and O–H groups in total. The molecule has 1 fully saturated rings. The third-order valence-corrected chi connectivity index (χ3v) is 4.46. The van der Waals surface area contributed by atoms with Gasteiger partial charge in [-0.15, -0.1) is 0 Å². The molecule has 0 radical (unpaired) electrons. The quantitative estimate of drug-likeness (QED) is 0.623. The second-order valence-corrected chi connectivity index (χ2v) is 6.26. The summed E-state index contributed by atoms with van der Waals surface area (Å²) < 4.78 is 0. The van der Waals surface area contributed by atoms with Crippen molar-refractivity contribution < 1.29 is 19.5 Å². The van der Waals surface area contributed by atoms with E-state index in [2.05, 4.69) is 10.6 Å². The number of carboxylic acid groups (broad SMARTS) is 1. The van der Waals surface area contributed by atoms with Crippen molar-refractivity contribution in [3.05, 3.63) is 0 Å². The Bertz CT molecular complexity index is 343. The number of imide groups is 1. The van der Waals surface area contributed by atoms with Crippen LogP contribution in [0.25, 0.3) is 0 Å². The lowest BCUT2D eigenvalue weighted by molar-refractivity contribution is -0.137. The van der Waals surface area contributed by atoms with Gasteiger partial charge >= 0.3 is 12.0 Å². The van der Waals surface area contributed by atoms with Crippen LogP contribution in [0.5, 0.6) is 0 Å². The number of carbonyl (C=O) groups is 3. The first kappa shape index (κ1) is 16.8. The molecule has 7 heteroatoms. The highest BCUT2D eigenvalue weighted by molar-refractivity contribution is 7.99. The fourth-order valence-electron chi connectivity index (χ4n) is 1.97. The average molecular weight is 302 g/mol. The van der Waals surface area contributed by atoms with Crippen LogP contribution < -0.4 is 10.6 Å². The normalized spacial score (nSPS) is 18.3. The molecule has 6 nitrogen and oxygen atoms in total. The van der Waals surface area contributed by atoms with Crippen LogP contribution in [-0.2, 0) is 9.59 Å². The fraction of sp³-hybridized carbons (Fsp3) is 0.769. The lowest BCUT2D eigenvalue weighted by atomic mass is 10.2. The zero-order valence-electron chi connectivity index (χ0n) is 11.5. The highest BCUT2D eigenvalue weighted by Gasteiger charge is 2.15. The fourth-order valence-corrected chi connectivity index (χ4v) is 3.21. The van der Waals surface area contributed by atoms with Crippen LogP contribution in [0.1, 0.15) is 44.9 Å². The minimum Gasteiger partial charge on any atom is -0.481 e. The van der Waals surface area contributed by atoms with Gasteiger partial charge in [-0.1, -0.05) is 6.42 Å². The van der Waals surface area contributed by atoms with Gasteiger partial charge in [-0.3, -0.25) is 14.9 Å². The topological polar surface area (TPSA) is 95.5 Å². The smallest absolute Gasteiger partial charge is 0.321 e. The van der Waals surface area contributed by atoms with Crippen molar-refractivity contribution in [2.45, 2.75) is 50.2 Å². The van der Waals surface area contributed by atoms with Gasteiger partial charge in [0, 0.05) is 24.6 Å². The molecule has 114 valence electrons. The Balaban J connectivity index is 2.05. The van der Waals surface area contributed by atoms with Crippen LogP contribution in [0.15, 0.2) is 0 Å². The van der Waals surface area contributed by atoms with Gasteiger partial charge in [0.2, 0.25) is 5.91 Å². The lowest BCUT2D eigenvalue weighted by Gasteiger charge is -2.21. The molecule has 0 spiro atoms. The molecule has 1 aliphatic heterocycles. The molecule has 0 aromatic carbocycles. The van der Waals surface area contributed by atoms with Crippen LogP contribution in [0.3, 0.4) is 0 Å². The molecule has 0 aromatic heterocycles. The molecular formula is C13H22N2O4S. The molecule has 1 aliphatic rings. The van der Waals surface area contributed by atoms with Crippen molar-refractivity contribution in [1.29, 1.82) is 0 Å². The molecule has 20 heavy (non-hydrogen) atoms. The maximum Gasteiger partial charge on any atom is 0.321 e. The summed E-state index contributed by atoms with van der Waals surface area (Å²) in [6.07, 6.45) is 4.70. The number of carboxylic acids is 1. The van der Waals surface area contributed by atoms with E-state index in [-0.39, 0.29) is 18.7 Å². The van der Waals surface area contributed by atoms with Gasteiger partial charge in [0.25, 0.3) is 0 Å². The Labute approximate surface area is 123 Å². The van der Waals surface area contributed by atoms with Crippen LogP contribution in [0.4, 0.5) is 4.79 Å². The number of hydrogen-bond acceptors (Lipinski definition) is 4. The van der Waals surface area contributed by atoms with Gasteiger partial charge in [-0.05, 0) is 31.4 Å². The number of aliphatic carboxylic acids is 1. The highest BCUT2D eigenvalue weighted by Crippen LogP contribution is 2.24. The lowest BCUT2D eigenvalue weighted by Crippen LogP contribution is -2.42. The average Bonchev–Trinajstić information content (AvgIpc) is 2.42. The van der Waals surface area contributed by atoms with E-state index < -0.39 is 12.0 Å². The Kier molecular flexibility index (Phi) is 8.10. The number of nitrogens with one attached hydrogen (secondary N) is 2. The monoisotopic (exact) mass is 302 g/mol. The first-order valence-corrected chi connectivity index (χ1v) is 8.04. The maximum atomic E-state index is 11.5. The number of carbonyl (C=O) groups excluding carboxylic acids is 2. The summed E-state index contributed by atoms with van der Waals surface area (Å²) in [6, 6.07) is -0.459. The summed E-state index contributed by atoms with van der Waals surface area (Å²) in [5.74, 6) is -0.0893. The second kappa shape index (κ2) is 9.63. The Hall–Kier alpha value is -1.24. The molecule has 1 unspecified atom stereocenters. The van der Waals surface area contributed by atoms with E-state index in [9.17, 15) is 14.4 Å². The van der Waals surface area contributed by atoms with Crippen molar-refractivity contribution >= 4 is 29.7 Å². The van der Waals surface area contributed by atoms with Gasteiger partial charge in [-0.25, -0.2) is 4.79 Å². The third-order valence-electron chi connectivity index (χ3n) is 3.06. The van der Waals surface area contributed by atoms with E-state index >= 15 is 0 Å². The summed E-state index contributed by atoms with van der Waals surface area (Å²) in [5, 5.41) is 13.9. The van der Waals surface area contributed by atoms with E-state index in [1.54, 1.807) is 0 Å². The predicted octanol–water partition coefficient (Wildman–Crippen LogP) is 1.74. The van der Waals surface area contributed by atoms with Crippen molar-refractivity contribution in [3.8, 4) is 0 Å². The third kappa shape index (κ3) is 8.04. The summed E-state index contributed by atoms with van der Waals surface area (Å²) in [5.41, 5.74) is 0. The number of unbranched alkanes of at least 4 members (excludes halogenated alkanes) is 1. The number of thioether (sulfide) groups is 1. The molecule has 1 atom stereocenters. The van der Waals surface area contributed by atoms with Crippen molar-refractivity contribution in [1.82, 2.24) is 10.6 Å². The first-order chi connectivity index (χ1) is 9.58. The molecule has 1 rings (SSSR count). The summed E-state index contributed by atoms with van der Waals surface area (Å²) in [6.45, 7) is 0.586. The number of rotatable bonds is 7. The predicted molar refractivity (Wildman–Crippen MR) is 77.7 cm³/mol. The number of hydrogen-bond donors (Lipinski definition) is 3.